The maximum atomic E-state index is 5.47. The summed E-state index contributed by atoms with van der Waals surface area (Å²) in [4.78, 5) is 4.73. The van der Waals surface area contributed by atoms with Gasteiger partial charge in [0.25, 0.3) is 0 Å². The highest BCUT2D eigenvalue weighted by molar-refractivity contribution is 5.79. The van der Waals surface area contributed by atoms with E-state index in [2.05, 4.69) is 51.4 Å². The van der Waals surface area contributed by atoms with Crippen molar-refractivity contribution in [1.29, 1.82) is 0 Å². The molecule has 2 heterocycles. The van der Waals surface area contributed by atoms with E-state index in [0.29, 0.717) is 6.54 Å². The van der Waals surface area contributed by atoms with Crippen LogP contribution in [0.5, 0.6) is 5.75 Å². The Bertz CT molecular complexity index is 798. The number of benzene rings is 1. The molecule has 2 N–H and O–H groups in total. The fraction of sp³-hybridized carbons (Fsp3) is 0.571. The molecule has 0 radical (unpaired) electrons. The molecule has 1 aromatic carbocycles. The standard InChI is InChI=1S/C21H32N6O/c1-4-22-21(23-12-11-17-14-16(2)9-10-18(17)28-3)24-15-20-26-25-19-8-6-5-7-13-27(19)20/h9-10,14H,4-8,11-13,15H2,1-3H3,(H2,22,23,24). The molecule has 0 bridgehead atoms. The molecular formula is C21H32N6O. The number of aryl methyl sites for hydroxylation is 2. The van der Waals surface area contributed by atoms with Gasteiger partial charge >= 0.3 is 0 Å². The number of nitrogens with one attached hydrogen (secondary N) is 2. The lowest BCUT2D eigenvalue weighted by atomic mass is 10.1. The highest BCUT2D eigenvalue weighted by Crippen LogP contribution is 2.19. The van der Waals surface area contributed by atoms with Crippen molar-refractivity contribution in [3.63, 3.8) is 0 Å². The predicted molar refractivity (Wildman–Crippen MR) is 112 cm³/mol. The third kappa shape index (κ3) is 5.24. The molecule has 7 nitrogen and oxygen atoms in total. The van der Waals surface area contributed by atoms with E-state index in [0.717, 1.165) is 55.8 Å². The second-order valence-corrected chi connectivity index (χ2v) is 7.18. The van der Waals surface area contributed by atoms with Gasteiger partial charge in [-0.25, -0.2) is 4.99 Å². The highest BCUT2D eigenvalue weighted by Gasteiger charge is 2.14. The van der Waals surface area contributed by atoms with E-state index in [1.54, 1.807) is 7.11 Å². The van der Waals surface area contributed by atoms with E-state index in [4.69, 9.17) is 9.73 Å². The Labute approximate surface area is 167 Å². The van der Waals surface area contributed by atoms with Crippen LogP contribution in [0.15, 0.2) is 23.2 Å². The van der Waals surface area contributed by atoms with Crippen LogP contribution in [0.1, 0.15) is 49.0 Å². The van der Waals surface area contributed by atoms with Crippen molar-refractivity contribution in [1.82, 2.24) is 25.4 Å². The lowest BCUT2D eigenvalue weighted by Crippen LogP contribution is -2.38. The molecule has 1 aliphatic heterocycles. The van der Waals surface area contributed by atoms with Crippen LogP contribution >= 0.6 is 0 Å². The molecule has 0 spiro atoms. The van der Waals surface area contributed by atoms with Crippen molar-refractivity contribution in [2.45, 2.75) is 59.0 Å². The van der Waals surface area contributed by atoms with Gasteiger partial charge in [-0.3, -0.25) is 0 Å². The van der Waals surface area contributed by atoms with E-state index in [9.17, 15) is 0 Å². The molecule has 0 atom stereocenters. The fourth-order valence-electron chi connectivity index (χ4n) is 3.57. The summed E-state index contributed by atoms with van der Waals surface area (Å²) in [6, 6.07) is 6.28. The molecule has 0 unspecified atom stereocenters. The quantitative estimate of drug-likeness (QED) is 0.567. The van der Waals surface area contributed by atoms with Crippen molar-refractivity contribution in [3.05, 3.63) is 41.0 Å². The molecule has 0 aliphatic carbocycles. The normalized spacial score (nSPS) is 14.3. The Morgan fingerprint density at radius 2 is 2.11 bits per heavy atom. The number of hydrogen-bond donors (Lipinski definition) is 2. The second-order valence-electron chi connectivity index (χ2n) is 7.18. The lowest BCUT2D eigenvalue weighted by molar-refractivity contribution is 0.409. The van der Waals surface area contributed by atoms with Crippen LogP contribution in [0.2, 0.25) is 0 Å². The first kappa shape index (κ1) is 20.2. The Morgan fingerprint density at radius 1 is 1.21 bits per heavy atom. The van der Waals surface area contributed by atoms with Crippen molar-refractivity contribution in [2.75, 3.05) is 20.2 Å². The average Bonchev–Trinajstić information content (AvgIpc) is 2.92. The second kappa shape index (κ2) is 10.1. The summed E-state index contributed by atoms with van der Waals surface area (Å²) in [5.74, 6) is 3.79. The molecule has 2 aromatic rings. The van der Waals surface area contributed by atoms with E-state index in [1.807, 2.05) is 6.07 Å². The molecule has 0 fully saturated rings. The minimum atomic E-state index is 0.538. The van der Waals surface area contributed by atoms with Crippen molar-refractivity contribution in [3.8, 4) is 5.75 Å². The van der Waals surface area contributed by atoms with Crippen molar-refractivity contribution < 1.29 is 4.74 Å². The van der Waals surface area contributed by atoms with Crippen LogP contribution < -0.4 is 15.4 Å². The number of nitrogens with zero attached hydrogens (tertiary/aromatic N) is 4. The minimum absolute atomic E-state index is 0.538. The van der Waals surface area contributed by atoms with Gasteiger partial charge < -0.3 is 19.9 Å². The number of hydrogen-bond acceptors (Lipinski definition) is 4. The van der Waals surface area contributed by atoms with Crippen LogP contribution in [0.4, 0.5) is 0 Å². The number of aliphatic imine (C=N–C) groups is 1. The molecule has 7 heteroatoms. The molecular weight excluding hydrogens is 352 g/mol. The van der Waals surface area contributed by atoms with E-state index < -0.39 is 0 Å². The summed E-state index contributed by atoms with van der Waals surface area (Å²) < 4.78 is 7.72. The van der Waals surface area contributed by atoms with E-state index in [-0.39, 0.29) is 0 Å². The number of guanidine groups is 1. The number of methoxy groups -OCH3 is 1. The van der Waals surface area contributed by atoms with Gasteiger partial charge in [-0.15, -0.1) is 10.2 Å². The minimum Gasteiger partial charge on any atom is -0.496 e. The zero-order chi connectivity index (χ0) is 19.8. The molecule has 1 aliphatic rings. The number of ether oxygens (including phenoxy) is 1. The number of fused-ring (bicyclic) bond motifs is 1. The summed E-state index contributed by atoms with van der Waals surface area (Å²) in [6.45, 7) is 7.31. The lowest BCUT2D eigenvalue weighted by Gasteiger charge is -2.13. The average molecular weight is 385 g/mol. The van der Waals surface area contributed by atoms with Gasteiger partial charge in [-0.2, -0.15) is 0 Å². The fourth-order valence-corrected chi connectivity index (χ4v) is 3.57. The van der Waals surface area contributed by atoms with Gasteiger partial charge in [0.1, 0.15) is 18.1 Å². The molecule has 0 saturated carbocycles. The maximum Gasteiger partial charge on any atom is 0.191 e. The first-order valence-electron chi connectivity index (χ1n) is 10.3. The number of rotatable bonds is 7. The summed E-state index contributed by atoms with van der Waals surface area (Å²) in [5.41, 5.74) is 2.44. The third-order valence-electron chi connectivity index (χ3n) is 5.03. The van der Waals surface area contributed by atoms with Gasteiger partial charge in [-0.05, 0) is 44.7 Å². The van der Waals surface area contributed by atoms with Crippen LogP contribution in [0, 0.1) is 6.92 Å². The van der Waals surface area contributed by atoms with Crippen LogP contribution in [0.25, 0.3) is 0 Å². The van der Waals surface area contributed by atoms with Crippen LogP contribution in [-0.2, 0) is 25.9 Å². The Kier molecular flexibility index (Phi) is 7.28. The van der Waals surface area contributed by atoms with Gasteiger partial charge in [0, 0.05) is 26.1 Å². The van der Waals surface area contributed by atoms with Crippen LogP contribution in [-0.4, -0.2) is 40.9 Å². The van der Waals surface area contributed by atoms with Gasteiger partial charge in [-0.1, -0.05) is 24.1 Å². The topological polar surface area (TPSA) is 76.4 Å². The Balaban J connectivity index is 1.61. The van der Waals surface area contributed by atoms with Gasteiger partial charge in [0.15, 0.2) is 11.8 Å². The molecule has 0 saturated heterocycles. The van der Waals surface area contributed by atoms with Crippen molar-refractivity contribution in [2.24, 2.45) is 4.99 Å². The highest BCUT2D eigenvalue weighted by atomic mass is 16.5. The van der Waals surface area contributed by atoms with Crippen LogP contribution in [0.3, 0.4) is 0 Å². The van der Waals surface area contributed by atoms with Gasteiger partial charge in [0.2, 0.25) is 0 Å². The zero-order valence-corrected chi connectivity index (χ0v) is 17.3. The molecule has 28 heavy (non-hydrogen) atoms. The SMILES string of the molecule is CCNC(=NCc1nnc2n1CCCCC2)NCCc1cc(C)ccc1OC. The summed E-state index contributed by atoms with van der Waals surface area (Å²) in [6.07, 6.45) is 5.55. The molecule has 3 rings (SSSR count). The third-order valence-corrected chi connectivity index (χ3v) is 5.03. The van der Waals surface area contributed by atoms with E-state index in [1.165, 1.54) is 30.4 Å². The van der Waals surface area contributed by atoms with E-state index >= 15 is 0 Å². The largest absolute Gasteiger partial charge is 0.496 e. The van der Waals surface area contributed by atoms with Gasteiger partial charge in [0.05, 0.1) is 7.11 Å². The maximum absolute atomic E-state index is 5.47. The predicted octanol–water partition coefficient (Wildman–Crippen LogP) is 2.62. The summed E-state index contributed by atoms with van der Waals surface area (Å²) in [7, 11) is 1.72. The first-order chi connectivity index (χ1) is 13.7. The molecule has 1 aromatic heterocycles. The summed E-state index contributed by atoms with van der Waals surface area (Å²) >= 11 is 0. The first-order valence-corrected chi connectivity index (χ1v) is 10.3. The monoisotopic (exact) mass is 384 g/mol. The van der Waals surface area contributed by atoms with Crippen molar-refractivity contribution >= 4 is 5.96 Å². The number of aromatic nitrogens is 3. The zero-order valence-electron chi connectivity index (χ0n) is 17.3. The summed E-state index contributed by atoms with van der Waals surface area (Å²) in [5, 5.41) is 15.5. The Morgan fingerprint density at radius 3 is 2.93 bits per heavy atom. The molecule has 152 valence electrons. The Hall–Kier alpha value is -2.57. The molecule has 0 amide bonds. The smallest absolute Gasteiger partial charge is 0.191 e.